The zero-order valence-corrected chi connectivity index (χ0v) is 21.6. The SMILES string of the molecule is CCCC1CCC(C2=CCC(C3C=CC(CCC4CCC(OCC)C=C4F)=CC3)C(F)=C2F)CC1. The van der Waals surface area contributed by atoms with Gasteiger partial charge in [0.15, 0.2) is 5.83 Å². The van der Waals surface area contributed by atoms with Crippen LogP contribution in [0.1, 0.15) is 90.9 Å². The molecule has 4 unspecified atom stereocenters. The van der Waals surface area contributed by atoms with Crippen molar-refractivity contribution in [3.63, 3.8) is 0 Å². The van der Waals surface area contributed by atoms with Crippen molar-refractivity contribution < 1.29 is 17.9 Å². The van der Waals surface area contributed by atoms with Crippen LogP contribution in [-0.4, -0.2) is 12.7 Å². The average molecular weight is 489 g/mol. The smallest absolute Gasteiger partial charge is 0.158 e. The van der Waals surface area contributed by atoms with E-state index in [1.165, 1.54) is 18.4 Å². The molecule has 1 fully saturated rings. The molecule has 194 valence electrons. The summed E-state index contributed by atoms with van der Waals surface area (Å²) >= 11 is 0. The minimum absolute atomic E-state index is 0.0131. The molecule has 0 aromatic rings. The lowest BCUT2D eigenvalue weighted by atomic mass is 9.73. The van der Waals surface area contributed by atoms with Crippen molar-refractivity contribution in [2.75, 3.05) is 6.61 Å². The third kappa shape index (κ3) is 6.61. The van der Waals surface area contributed by atoms with E-state index in [4.69, 9.17) is 4.74 Å². The van der Waals surface area contributed by atoms with E-state index in [2.05, 4.69) is 25.2 Å². The van der Waals surface area contributed by atoms with Gasteiger partial charge in [-0.1, -0.05) is 49.6 Å². The normalized spacial score (nSPS) is 33.9. The van der Waals surface area contributed by atoms with E-state index in [-0.39, 0.29) is 29.7 Å². The lowest BCUT2D eigenvalue weighted by Gasteiger charge is -2.33. The fourth-order valence-corrected chi connectivity index (χ4v) is 6.66. The molecule has 4 rings (SSSR count). The molecule has 0 saturated heterocycles. The van der Waals surface area contributed by atoms with Gasteiger partial charge in [-0.25, -0.2) is 13.2 Å². The van der Waals surface area contributed by atoms with Gasteiger partial charge in [-0.3, -0.25) is 0 Å². The third-order valence-corrected chi connectivity index (χ3v) is 8.79. The largest absolute Gasteiger partial charge is 0.374 e. The first kappa shape index (κ1) is 26.5. The van der Waals surface area contributed by atoms with Gasteiger partial charge in [0.2, 0.25) is 0 Å². The molecular weight excluding hydrogens is 445 g/mol. The maximum Gasteiger partial charge on any atom is 0.158 e. The van der Waals surface area contributed by atoms with Crippen molar-refractivity contribution in [1.29, 1.82) is 0 Å². The van der Waals surface area contributed by atoms with Crippen molar-refractivity contribution in [3.05, 3.63) is 59.0 Å². The lowest BCUT2D eigenvalue weighted by molar-refractivity contribution is 0.0758. The number of halogens is 3. The number of hydrogen-bond donors (Lipinski definition) is 0. The van der Waals surface area contributed by atoms with Crippen LogP contribution in [-0.2, 0) is 4.74 Å². The number of ether oxygens (including phenoxy) is 1. The van der Waals surface area contributed by atoms with E-state index in [1.54, 1.807) is 6.08 Å². The van der Waals surface area contributed by atoms with Crippen LogP contribution in [0.25, 0.3) is 0 Å². The fraction of sp³-hybridized carbons (Fsp3) is 0.677. The Morgan fingerprint density at radius 1 is 0.914 bits per heavy atom. The van der Waals surface area contributed by atoms with Crippen molar-refractivity contribution in [3.8, 4) is 0 Å². The molecule has 0 aromatic carbocycles. The van der Waals surface area contributed by atoms with Gasteiger partial charge >= 0.3 is 0 Å². The summed E-state index contributed by atoms with van der Waals surface area (Å²) in [5.74, 6) is -0.667. The van der Waals surface area contributed by atoms with E-state index in [9.17, 15) is 4.39 Å². The first-order valence-electron chi connectivity index (χ1n) is 14.1. The van der Waals surface area contributed by atoms with Crippen molar-refractivity contribution >= 4 is 0 Å². The van der Waals surface area contributed by atoms with E-state index in [0.717, 1.165) is 63.7 Å². The van der Waals surface area contributed by atoms with Gasteiger partial charge in [-0.05, 0) is 101 Å². The zero-order chi connectivity index (χ0) is 24.8. The van der Waals surface area contributed by atoms with Gasteiger partial charge < -0.3 is 4.74 Å². The van der Waals surface area contributed by atoms with E-state index >= 15 is 8.78 Å². The quantitative estimate of drug-likeness (QED) is 0.314. The molecule has 4 atom stereocenters. The molecule has 4 aliphatic rings. The summed E-state index contributed by atoms with van der Waals surface area (Å²) in [5, 5.41) is 0. The number of allylic oxidation sites excluding steroid dienone is 9. The Hall–Kier alpha value is -1.55. The molecule has 0 aromatic heterocycles. The van der Waals surface area contributed by atoms with Gasteiger partial charge in [-0.15, -0.1) is 0 Å². The summed E-state index contributed by atoms with van der Waals surface area (Å²) < 4.78 is 50.3. The number of rotatable bonds is 9. The minimum atomic E-state index is -0.576. The highest BCUT2D eigenvalue weighted by Gasteiger charge is 2.34. The minimum Gasteiger partial charge on any atom is -0.374 e. The second-order valence-electron chi connectivity index (χ2n) is 11.1. The molecular formula is C31H43F3O. The van der Waals surface area contributed by atoms with Gasteiger partial charge in [-0.2, -0.15) is 0 Å². The second kappa shape index (κ2) is 12.6. The van der Waals surface area contributed by atoms with Crippen LogP contribution in [0.5, 0.6) is 0 Å². The molecule has 0 heterocycles. The molecule has 4 heteroatoms. The standard InChI is InChI=1S/C31H43F3O/c1-3-5-21-6-11-23(12-7-21)27-18-19-28(31(34)30(27)33)24-13-8-22(9-14-24)10-15-25-16-17-26(35-4-2)20-29(25)32/h8-9,13,18,20-21,23-26,28H,3-7,10-12,14-17,19H2,1-2H3. The molecule has 1 saturated carbocycles. The number of hydrogen-bond acceptors (Lipinski definition) is 1. The van der Waals surface area contributed by atoms with Crippen LogP contribution >= 0.6 is 0 Å². The maximum atomic E-state index is 15.2. The highest BCUT2D eigenvalue weighted by atomic mass is 19.2. The van der Waals surface area contributed by atoms with E-state index < -0.39 is 17.6 Å². The molecule has 0 N–H and O–H groups in total. The van der Waals surface area contributed by atoms with Crippen LogP contribution in [0.2, 0.25) is 0 Å². The Bertz CT molecular complexity index is 872. The molecule has 0 aliphatic heterocycles. The van der Waals surface area contributed by atoms with E-state index in [1.807, 2.05) is 13.0 Å². The predicted octanol–water partition coefficient (Wildman–Crippen LogP) is 9.64. The Balaban J connectivity index is 1.27. The zero-order valence-electron chi connectivity index (χ0n) is 21.6. The summed E-state index contributed by atoms with van der Waals surface area (Å²) in [4.78, 5) is 0. The second-order valence-corrected chi connectivity index (χ2v) is 11.1. The Labute approximate surface area is 210 Å². The van der Waals surface area contributed by atoms with Gasteiger partial charge in [0.05, 0.1) is 6.10 Å². The first-order valence-corrected chi connectivity index (χ1v) is 14.1. The van der Waals surface area contributed by atoms with Gasteiger partial charge in [0.25, 0.3) is 0 Å². The molecule has 0 bridgehead atoms. The van der Waals surface area contributed by atoms with Gasteiger partial charge in [0.1, 0.15) is 11.7 Å². The van der Waals surface area contributed by atoms with Crippen molar-refractivity contribution in [1.82, 2.24) is 0 Å². The molecule has 35 heavy (non-hydrogen) atoms. The maximum absolute atomic E-state index is 15.2. The van der Waals surface area contributed by atoms with Gasteiger partial charge in [0, 0.05) is 18.4 Å². The van der Waals surface area contributed by atoms with Crippen molar-refractivity contribution in [2.24, 2.45) is 29.6 Å². The lowest BCUT2D eigenvalue weighted by Crippen LogP contribution is -2.22. The summed E-state index contributed by atoms with van der Waals surface area (Å²) in [6, 6.07) is 0. The molecule has 0 radical (unpaired) electrons. The van der Waals surface area contributed by atoms with Crippen LogP contribution in [0.15, 0.2) is 59.0 Å². The average Bonchev–Trinajstić information content (AvgIpc) is 2.87. The summed E-state index contributed by atoms with van der Waals surface area (Å²) in [5.41, 5.74) is 1.82. The highest BCUT2D eigenvalue weighted by Crippen LogP contribution is 2.45. The van der Waals surface area contributed by atoms with Crippen LogP contribution in [0.4, 0.5) is 13.2 Å². The Kier molecular flexibility index (Phi) is 9.55. The molecule has 1 nitrogen and oxygen atoms in total. The summed E-state index contributed by atoms with van der Waals surface area (Å²) in [6.07, 6.45) is 21.1. The molecule has 0 spiro atoms. The van der Waals surface area contributed by atoms with E-state index in [0.29, 0.717) is 18.6 Å². The highest BCUT2D eigenvalue weighted by molar-refractivity contribution is 5.37. The fourth-order valence-electron chi connectivity index (χ4n) is 6.66. The first-order chi connectivity index (χ1) is 17.0. The monoisotopic (exact) mass is 488 g/mol. The summed E-state index contributed by atoms with van der Waals surface area (Å²) in [6.45, 7) is 4.76. The molecule has 0 amide bonds. The topological polar surface area (TPSA) is 9.23 Å². The van der Waals surface area contributed by atoms with Crippen LogP contribution in [0, 0.1) is 29.6 Å². The third-order valence-electron chi connectivity index (χ3n) is 8.79. The Morgan fingerprint density at radius 2 is 1.71 bits per heavy atom. The summed E-state index contributed by atoms with van der Waals surface area (Å²) in [7, 11) is 0. The Morgan fingerprint density at radius 3 is 2.37 bits per heavy atom. The molecule has 4 aliphatic carbocycles. The van der Waals surface area contributed by atoms with Crippen molar-refractivity contribution in [2.45, 2.75) is 97.0 Å². The predicted molar refractivity (Wildman–Crippen MR) is 138 cm³/mol. The van der Waals surface area contributed by atoms with Crippen LogP contribution in [0.3, 0.4) is 0 Å². The van der Waals surface area contributed by atoms with Crippen LogP contribution < -0.4 is 0 Å².